The number of aliphatic hydroxyl groups excluding tert-OH is 1. The predicted octanol–water partition coefficient (Wildman–Crippen LogP) is 1.82. The average Bonchev–Trinajstić information content (AvgIpc) is 2.28. The first kappa shape index (κ1) is 13.1. The molecule has 88 valence electrons. The van der Waals surface area contributed by atoms with Crippen molar-refractivity contribution in [3.63, 3.8) is 0 Å². The maximum absolute atomic E-state index is 12.1. The first-order valence-electron chi connectivity index (χ1n) is 5.06. The molecule has 0 atom stereocenters. The van der Waals surface area contributed by atoms with Crippen LogP contribution in [0.2, 0.25) is 0 Å². The smallest absolute Gasteiger partial charge is 0.254 e. The highest BCUT2D eigenvalue weighted by atomic mass is 32.1. The Morgan fingerprint density at radius 1 is 1.38 bits per heavy atom. The molecule has 1 aromatic rings. The van der Waals surface area contributed by atoms with Crippen LogP contribution in [0.15, 0.2) is 29.2 Å². The van der Waals surface area contributed by atoms with Gasteiger partial charge in [0.1, 0.15) is 0 Å². The molecule has 16 heavy (non-hydrogen) atoms. The summed E-state index contributed by atoms with van der Waals surface area (Å²) in [5.41, 5.74) is 0.0401. The molecule has 0 bridgehead atoms. The quantitative estimate of drug-likeness (QED) is 0.790. The Morgan fingerprint density at radius 2 is 1.88 bits per heavy atom. The molecular formula is C12H17NO2S. The summed E-state index contributed by atoms with van der Waals surface area (Å²) < 4.78 is 0. The fourth-order valence-corrected chi connectivity index (χ4v) is 1.33. The molecule has 0 unspecified atom stereocenters. The molecule has 0 heterocycles. The molecule has 0 aliphatic carbocycles. The largest absolute Gasteiger partial charge is 0.394 e. The lowest BCUT2D eigenvalue weighted by Gasteiger charge is -2.34. The Morgan fingerprint density at radius 3 is 2.31 bits per heavy atom. The second kappa shape index (κ2) is 4.89. The number of carbonyl (C=O) groups excluding carboxylic acids is 1. The molecule has 1 rings (SSSR count). The topological polar surface area (TPSA) is 40.5 Å². The minimum atomic E-state index is -0.559. The van der Waals surface area contributed by atoms with Crippen LogP contribution in [-0.2, 0) is 0 Å². The van der Waals surface area contributed by atoms with Gasteiger partial charge in [-0.1, -0.05) is 0 Å². The van der Waals surface area contributed by atoms with E-state index in [2.05, 4.69) is 12.6 Å². The van der Waals surface area contributed by atoms with Gasteiger partial charge in [-0.05, 0) is 38.1 Å². The van der Waals surface area contributed by atoms with Crippen LogP contribution in [0.1, 0.15) is 24.2 Å². The van der Waals surface area contributed by atoms with Gasteiger partial charge in [-0.3, -0.25) is 4.79 Å². The van der Waals surface area contributed by atoms with Crippen molar-refractivity contribution in [3.05, 3.63) is 29.8 Å². The molecule has 1 amide bonds. The fraction of sp³-hybridized carbons (Fsp3) is 0.417. The fourth-order valence-electron chi connectivity index (χ4n) is 1.18. The summed E-state index contributed by atoms with van der Waals surface area (Å²) in [5.74, 6) is -0.104. The number of hydrogen-bond acceptors (Lipinski definition) is 3. The molecule has 0 aliphatic rings. The van der Waals surface area contributed by atoms with Crippen LogP contribution < -0.4 is 0 Å². The van der Waals surface area contributed by atoms with Crippen LogP contribution >= 0.6 is 12.6 Å². The highest BCUT2D eigenvalue weighted by molar-refractivity contribution is 7.80. The highest BCUT2D eigenvalue weighted by Crippen LogP contribution is 2.16. The molecule has 0 aromatic heterocycles. The Balaban J connectivity index is 2.90. The number of amides is 1. The van der Waals surface area contributed by atoms with E-state index in [0.717, 1.165) is 4.90 Å². The second-order valence-electron chi connectivity index (χ2n) is 4.38. The van der Waals surface area contributed by atoms with E-state index in [1.54, 1.807) is 36.2 Å². The van der Waals surface area contributed by atoms with Gasteiger partial charge in [0.15, 0.2) is 0 Å². The lowest BCUT2D eigenvalue weighted by Crippen LogP contribution is -2.47. The molecule has 0 aliphatic heterocycles. The first-order valence-corrected chi connectivity index (χ1v) is 5.51. The Bertz CT molecular complexity index is 373. The van der Waals surface area contributed by atoms with Crippen molar-refractivity contribution in [2.24, 2.45) is 0 Å². The van der Waals surface area contributed by atoms with Gasteiger partial charge in [0.05, 0.1) is 12.1 Å². The van der Waals surface area contributed by atoms with Crippen molar-refractivity contribution in [1.82, 2.24) is 4.90 Å². The van der Waals surface area contributed by atoms with E-state index in [4.69, 9.17) is 0 Å². The van der Waals surface area contributed by atoms with Crippen LogP contribution in [0.4, 0.5) is 0 Å². The number of rotatable bonds is 3. The molecule has 0 saturated carbocycles. The summed E-state index contributed by atoms with van der Waals surface area (Å²) in [5, 5.41) is 9.20. The van der Waals surface area contributed by atoms with Crippen molar-refractivity contribution in [3.8, 4) is 0 Å². The Labute approximate surface area is 101 Å². The summed E-state index contributed by atoms with van der Waals surface area (Å²) in [7, 11) is 1.69. The number of likely N-dealkylation sites (N-methyl/N-ethyl adjacent to an activating group) is 1. The normalized spacial score (nSPS) is 11.3. The van der Waals surface area contributed by atoms with Crippen LogP contribution in [0.25, 0.3) is 0 Å². The summed E-state index contributed by atoms with van der Waals surface area (Å²) in [6.45, 7) is 3.57. The van der Waals surface area contributed by atoms with Gasteiger partial charge in [0.2, 0.25) is 0 Å². The number of hydrogen-bond donors (Lipinski definition) is 2. The third-order valence-electron chi connectivity index (χ3n) is 2.71. The van der Waals surface area contributed by atoms with E-state index in [9.17, 15) is 9.90 Å². The average molecular weight is 239 g/mol. The molecule has 1 aromatic carbocycles. The maximum atomic E-state index is 12.1. The molecule has 0 saturated heterocycles. The van der Waals surface area contributed by atoms with Gasteiger partial charge in [0.25, 0.3) is 5.91 Å². The highest BCUT2D eigenvalue weighted by Gasteiger charge is 2.27. The zero-order valence-corrected chi connectivity index (χ0v) is 10.7. The van der Waals surface area contributed by atoms with Crippen molar-refractivity contribution >= 4 is 18.5 Å². The Hall–Kier alpha value is -1.00. The maximum Gasteiger partial charge on any atom is 0.254 e. The first-order chi connectivity index (χ1) is 7.38. The second-order valence-corrected chi connectivity index (χ2v) is 4.90. The van der Waals surface area contributed by atoms with Crippen LogP contribution in [0, 0.1) is 0 Å². The van der Waals surface area contributed by atoms with E-state index in [-0.39, 0.29) is 12.5 Å². The zero-order chi connectivity index (χ0) is 12.3. The van der Waals surface area contributed by atoms with Crippen molar-refractivity contribution < 1.29 is 9.90 Å². The minimum absolute atomic E-state index is 0.0696. The number of nitrogens with zero attached hydrogens (tertiary/aromatic N) is 1. The molecule has 0 radical (unpaired) electrons. The lowest BCUT2D eigenvalue weighted by molar-refractivity contribution is 0.0473. The standard InChI is InChI=1S/C12H17NO2S/c1-12(2,8-14)13(3)11(15)9-4-6-10(16)7-5-9/h4-7,14,16H,8H2,1-3H3. The van der Waals surface area contributed by atoms with Gasteiger partial charge >= 0.3 is 0 Å². The number of aliphatic hydroxyl groups is 1. The molecule has 0 fully saturated rings. The molecule has 3 nitrogen and oxygen atoms in total. The van der Waals surface area contributed by atoms with E-state index < -0.39 is 5.54 Å². The third kappa shape index (κ3) is 2.77. The summed E-state index contributed by atoms with van der Waals surface area (Å²) in [6, 6.07) is 7.01. The summed E-state index contributed by atoms with van der Waals surface area (Å²) in [4.78, 5) is 14.4. The van der Waals surface area contributed by atoms with Crippen LogP contribution in [-0.4, -0.2) is 35.1 Å². The molecule has 1 N–H and O–H groups in total. The van der Waals surface area contributed by atoms with Crippen LogP contribution in [0.3, 0.4) is 0 Å². The van der Waals surface area contributed by atoms with E-state index >= 15 is 0 Å². The zero-order valence-electron chi connectivity index (χ0n) is 9.77. The van der Waals surface area contributed by atoms with E-state index in [1.807, 2.05) is 13.8 Å². The lowest BCUT2D eigenvalue weighted by atomic mass is 10.0. The van der Waals surface area contributed by atoms with Gasteiger partial charge < -0.3 is 10.0 Å². The van der Waals surface area contributed by atoms with Gasteiger partial charge in [-0.15, -0.1) is 12.6 Å². The van der Waals surface area contributed by atoms with Crippen molar-refractivity contribution in [2.45, 2.75) is 24.3 Å². The number of thiol groups is 1. The monoisotopic (exact) mass is 239 g/mol. The van der Waals surface area contributed by atoms with Crippen molar-refractivity contribution in [2.75, 3.05) is 13.7 Å². The molecule has 4 heteroatoms. The van der Waals surface area contributed by atoms with Crippen molar-refractivity contribution in [1.29, 1.82) is 0 Å². The van der Waals surface area contributed by atoms with E-state index in [1.165, 1.54) is 0 Å². The summed E-state index contributed by atoms with van der Waals surface area (Å²) >= 11 is 4.16. The number of benzene rings is 1. The van der Waals surface area contributed by atoms with Gasteiger partial charge in [-0.25, -0.2) is 0 Å². The predicted molar refractivity (Wildman–Crippen MR) is 67.0 cm³/mol. The molecule has 0 spiro atoms. The van der Waals surface area contributed by atoms with Crippen LogP contribution in [0.5, 0.6) is 0 Å². The third-order valence-corrected chi connectivity index (χ3v) is 3.01. The van der Waals surface area contributed by atoms with Gasteiger partial charge in [-0.2, -0.15) is 0 Å². The Kier molecular flexibility index (Phi) is 3.99. The SMILES string of the molecule is CN(C(=O)c1ccc(S)cc1)C(C)(C)CO. The number of carbonyl (C=O) groups is 1. The molecular weight excluding hydrogens is 222 g/mol. The minimum Gasteiger partial charge on any atom is -0.394 e. The summed E-state index contributed by atoms with van der Waals surface area (Å²) in [6.07, 6.45) is 0. The van der Waals surface area contributed by atoms with E-state index in [0.29, 0.717) is 5.56 Å². The van der Waals surface area contributed by atoms with Gasteiger partial charge in [0, 0.05) is 17.5 Å².